The van der Waals surface area contributed by atoms with Crippen LogP contribution in [0.3, 0.4) is 0 Å². The van der Waals surface area contributed by atoms with Crippen LogP contribution in [0.2, 0.25) is 0 Å². The number of aryl methyl sites for hydroxylation is 1. The number of nitrogens with zero attached hydrogens (tertiary/aromatic N) is 6. The molecule has 2 N–H and O–H groups in total. The molecule has 0 bridgehead atoms. The lowest BCUT2D eigenvalue weighted by Gasteiger charge is -2.37. The average Bonchev–Trinajstić information content (AvgIpc) is 3.39. The van der Waals surface area contributed by atoms with Crippen LogP contribution in [0.25, 0.3) is 39.0 Å². The minimum absolute atomic E-state index is 0.0653. The van der Waals surface area contributed by atoms with Crippen LogP contribution in [0, 0.1) is 17.5 Å². The molecule has 6 rings (SSSR count). The SMILES string of the molecule is C=CC(=O)N1CCN(c2c(S(C)(=O)=O)c(=O)n(-c3c(F)cc4c(ncn4C)c3C(C)C)c3nc(-c4c(N)cccc4F)c(F)cc23)CC1. The van der Waals surface area contributed by atoms with Crippen molar-refractivity contribution in [2.75, 3.05) is 43.1 Å². The van der Waals surface area contributed by atoms with E-state index in [2.05, 4.69) is 16.5 Å². The zero-order valence-corrected chi connectivity index (χ0v) is 27.4. The highest BCUT2D eigenvalue weighted by atomic mass is 32.2. The molecule has 0 radical (unpaired) electrons. The number of benzene rings is 2. The highest BCUT2D eigenvalue weighted by Gasteiger charge is 2.34. The number of imidazole rings is 1. The van der Waals surface area contributed by atoms with E-state index in [4.69, 9.17) is 5.73 Å². The molecule has 5 aromatic rings. The summed E-state index contributed by atoms with van der Waals surface area (Å²) in [7, 11) is -2.71. The van der Waals surface area contributed by atoms with Crippen LogP contribution in [0.5, 0.6) is 0 Å². The number of aromatic nitrogens is 4. The monoisotopic (exact) mass is 679 g/mol. The van der Waals surface area contributed by atoms with Crippen LogP contribution in [-0.2, 0) is 21.7 Å². The smallest absolute Gasteiger partial charge is 0.277 e. The van der Waals surface area contributed by atoms with Crippen molar-refractivity contribution >= 4 is 49.2 Å². The molecule has 48 heavy (non-hydrogen) atoms. The highest BCUT2D eigenvalue weighted by molar-refractivity contribution is 7.90. The Morgan fingerprint density at radius 3 is 2.33 bits per heavy atom. The van der Waals surface area contributed by atoms with Crippen molar-refractivity contribution in [2.24, 2.45) is 7.05 Å². The van der Waals surface area contributed by atoms with Crippen molar-refractivity contribution < 1.29 is 26.4 Å². The van der Waals surface area contributed by atoms with Gasteiger partial charge in [0.25, 0.3) is 5.56 Å². The first-order valence-electron chi connectivity index (χ1n) is 15.0. The molecule has 2 aromatic carbocycles. The lowest BCUT2D eigenvalue weighted by Crippen LogP contribution is -2.49. The van der Waals surface area contributed by atoms with Crippen LogP contribution in [0.1, 0.15) is 25.3 Å². The molecule has 15 heteroatoms. The number of piperazine rings is 1. The number of fused-ring (bicyclic) bond motifs is 2. The number of pyridine rings is 2. The maximum atomic E-state index is 16.5. The first-order chi connectivity index (χ1) is 22.6. The number of carbonyl (C=O) groups excluding carboxylic acids is 1. The number of rotatable bonds is 6. The molecule has 3 aromatic heterocycles. The number of amides is 1. The lowest BCUT2D eigenvalue weighted by molar-refractivity contribution is -0.126. The molecule has 0 atom stereocenters. The van der Waals surface area contributed by atoms with E-state index in [1.54, 1.807) is 30.4 Å². The second kappa shape index (κ2) is 11.8. The van der Waals surface area contributed by atoms with Crippen molar-refractivity contribution in [2.45, 2.75) is 24.7 Å². The Kier molecular flexibility index (Phi) is 8.06. The topological polar surface area (TPSA) is 136 Å². The molecule has 0 spiro atoms. The normalized spacial score (nSPS) is 14.0. The van der Waals surface area contributed by atoms with Gasteiger partial charge in [-0.25, -0.2) is 31.6 Å². The fourth-order valence-corrected chi connectivity index (χ4v) is 7.37. The number of carbonyl (C=O) groups is 1. The number of sulfone groups is 1. The molecular weight excluding hydrogens is 647 g/mol. The molecule has 1 fully saturated rings. The Balaban J connectivity index is 1.80. The van der Waals surface area contributed by atoms with Crippen molar-refractivity contribution in [1.82, 2.24) is 24.0 Å². The Labute approximate surface area is 273 Å². The van der Waals surface area contributed by atoms with Gasteiger partial charge >= 0.3 is 0 Å². The molecule has 4 heterocycles. The summed E-state index contributed by atoms with van der Waals surface area (Å²) in [6, 6.07) is 5.88. The molecule has 11 nitrogen and oxygen atoms in total. The molecule has 1 aliphatic heterocycles. The van der Waals surface area contributed by atoms with E-state index >= 15 is 13.2 Å². The van der Waals surface area contributed by atoms with Crippen molar-refractivity contribution in [1.29, 1.82) is 0 Å². The van der Waals surface area contributed by atoms with E-state index in [1.165, 1.54) is 29.4 Å². The molecule has 250 valence electrons. The Hall–Kier alpha value is -5.18. The molecule has 1 saturated heterocycles. The molecule has 1 aliphatic rings. The maximum Gasteiger partial charge on any atom is 0.277 e. The summed E-state index contributed by atoms with van der Waals surface area (Å²) < 4.78 is 77.4. The van der Waals surface area contributed by atoms with Gasteiger partial charge in [-0.1, -0.05) is 26.5 Å². The van der Waals surface area contributed by atoms with Crippen LogP contribution in [0.15, 0.2) is 59.0 Å². The molecular formula is C33H32F3N7O4S. The molecule has 1 amide bonds. The fourth-order valence-electron chi connectivity index (χ4n) is 6.37. The van der Waals surface area contributed by atoms with E-state index in [0.29, 0.717) is 11.0 Å². The van der Waals surface area contributed by atoms with Gasteiger partial charge in [-0.3, -0.25) is 14.2 Å². The highest BCUT2D eigenvalue weighted by Crippen LogP contribution is 2.40. The van der Waals surface area contributed by atoms with Gasteiger partial charge in [0.2, 0.25) is 5.91 Å². The van der Waals surface area contributed by atoms with Crippen molar-refractivity contribution in [3.63, 3.8) is 0 Å². The maximum absolute atomic E-state index is 16.5. The van der Waals surface area contributed by atoms with Gasteiger partial charge in [-0.15, -0.1) is 0 Å². The Bertz CT molecular complexity index is 2320. The second-order valence-electron chi connectivity index (χ2n) is 12.0. The third-order valence-corrected chi connectivity index (χ3v) is 9.66. The number of nitrogens with two attached hydrogens (primary N) is 1. The van der Waals surface area contributed by atoms with Gasteiger partial charge in [-0.05, 0) is 30.2 Å². The number of nitrogen functional groups attached to an aromatic ring is 1. The quantitative estimate of drug-likeness (QED) is 0.207. The zero-order valence-electron chi connectivity index (χ0n) is 26.6. The van der Waals surface area contributed by atoms with Crippen LogP contribution < -0.4 is 16.2 Å². The van der Waals surface area contributed by atoms with Gasteiger partial charge < -0.3 is 20.1 Å². The standard InChI is InChI=1S/C33H32F3N7O4S/c1-6-24(44)41-10-12-42(13-11-41)29-18-14-20(35)27(26-19(34)8-7-9-22(26)37)39-32(18)43(33(45)31(29)48(5,46)47)30-21(36)15-23-28(25(30)17(2)3)38-16-40(23)4/h6-9,14-17H,1,10-13,37H2,2-5H3. The summed E-state index contributed by atoms with van der Waals surface area (Å²) in [4.78, 5) is 38.2. The summed E-state index contributed by atoms with van der Waals surface area (Å²) in [5.41, 5.74) is 4.06. The van der Waals surface area contributed by atoms with Gasteiger partial charge in [0.1, 0.15) is 17.3 Å². The summed E-state index contributed by atoms with van der Waals surface area (Å²) in [5, 5.41) is -0.148. The van der Waals surface area contributed by atoms with E-state index < -0.39 is 49.4 Å². The van der Waals surface area contributed by atoms with Gasteiger partial charge in [0.05, 0.1) is 34.3 Å². The largest absolute Gasteiger partial charge is 0.398 e. The van der Waals surface area contributed by atoms with Crippen LogP contribution >= 0.6 is 0 Å². The van der Waals surface area contributed by atoms with Gasteiger partial charge in [-0.2, -0.15) is 0 Å². The number of hydrogen-bond donors (Lipinski definition) is 1. The lowest BCUT2D eigenvalue weighted by atomic mass is 9.98. The average molecular weight is 680 g/mol. The molecule has 0 saturated carbocycles. The Morgan fingerprint density at radius 2 is 1.73 bits per heavy atom. The van der Waals surface area contributed by atoms with Gasteiger partial charge in [0.15, 0.2) is 26.2 Å². The molecule has 0 aliphatic carbocycles. The van der Waals surface area contributed by atoms with Crippen molar-refractivity contribution in [3.05, 3.63) is 82.7 Å². The van der Waals surface area contributed by atoms with E-state index in [-0.39, 0.29) is 71.3 Å². The van der Waals surface area contributed by atoms with Gasteiger partial charge in [0, 0.05) is 62.2 Å². The fraction of sp³-hybridized carbons (Fsp3) is 0.273. The number of anilines is 2. The molecule has 0 unspecified atom stereocenters. The zero-order chi connectivity index (χ0) is 34.8. The van der Waals surface area contributed by atoms with E-state index in [9.17, 15) is 18.0 Å². The first kappa shape index (κ1) is 32.7. The summed E-state index contributed by atoms with van der Waals surface area (Å²) >= 11 is 0. The number of hydrogen-bond acceptors (Lipinski definition) is 8. The number of halogens is 3. The Morgan fingerprint density at radius 1 is 1.04 bits per heavy atom. The minimum atomic E-state index is -4.39. The van der Waals surface area contributed by atoms with Crippen LogP contribution in [-0.4, -0.2) is 70.8 Å². The summed E-state index contributed by atoms with van der Waals surface area (Å²) in [6.07, 6.45) is 3.47. The first-order valence-corrected chi connectivity index (χ1v) is 16.9. The predicted molar refractivity (Wildman–Crippen MR) is 178 cm³/mol. The summed E-state index contributed by atoms with van der Waals surface area (Å²) in [5.74, 6) is -3.63. The van der Waals surface area contributed by atoms with Crippen LogP contribution in [0.4, 0.5) is 24.5 Å². The van der Waals surface area contributed by atoms with E-state index in [0.717, 1.165) is 29.0 Å². The van der Waals surface area contributed by atoms with E-state index in [1.807, 2.05) is 0 Å². The third-order valence-electron chi connectivity index (χ3n) is 8.55. The minimum Gasteiger partial charge on any atom is -0.398 e. The summed E-state index contributed by atoms with van der Waals surface area (Å²) in [6.45, 7) is 7.43. The second-order valence-corrected chi connectivity index (χ2v) is 14.0. The van der Waals surface area contributed by atoms with Crippen molar-refractivity contribution in [3.8, 4) is 16.9 Å². The predicted octanol–water partition coefficient (Wildman–Crippen LogP) is 4.30. The third kappa shape index (κ3) is 5.18.